The number of nitrogens with two attached hydrogens (primary N) is 1. The number of rotatable bonds is 8. The van der Waals surface area contributed by atoms with Crippen LogP contribution in [0.2, 0.25) is 0 Å². The first-order chi connectivity index (χ1) is 11.9. The first kappa shape index (κ1) is 18.9. The fourth-order valence-electron chi connectivity index (χ4n) is 2.20. The zero-order valence-corrected chi connectivity index (χ0v) is 14.8. The smallest absolute Gasteiger partial charge is 0.226 e. The van der Waals surface area contributed by atoms with Crippen molar-refractivity contribution in [1.82, 2.24) is 4.98 Å². The number of thiazole rings is 1. The van der Waals surface area contributed by atoms with Crippen LogP contribution in [0.15, 0.2) is 23.6 Å². The van der Waals surface area contributed by atoms with E-state index in [1.54, 1.807) is 0 Å². The first-order valence-electron chi connectivity index (χ1n) is 8.01. The van der Waals surface area contributed by atoms with Crippen LogP contribution in [0.25, 0.3) is 0 Å². The van der Waals surface area contributed by atoms with E-state index in [2.05, 4.69) is 15.6 Å². The van der Waals surface area contributed by atoms with Crippen molar-refractivity contribution in [3.63, 3.8) is 0 Å². The Hall–Kier alpha value is -2.48. The summed E-state index contributed by atoms with van der Waals surface area (Å²) < 4.78 is 12.9. The maximum absolute atomic E-state index is 12.9. The van der Waals surface area contributed by atoms with Gasteiger partial charge in [-0.15, -0.1) is 11.3 Å². The zero-order valence-electron chi connectivity index (χ0n) is 14.0. The van der Waals surface area contributed by atoms with Crippen molar-refractivity contribution in [2.75, 3.05) is 16.4 Å². The van der Waals surface area contributed by atoms with Crippen molar-refractivity contribution in [1.29, 1.82) is 0 Å². The van der Waals surface area contributed by atoms with E-state index in [-0.39, 0.29) is 17.5 Å². The quantitative estimate of drug-likeness (QED) is 0.491. The Morgan fingerprint density at radius 3 is 2.44 bits per heavy atom. The number of halogens is 1. The highest BCUT2D eigenvalue weighted by molar-refractivity contribution is 7.13. The average molecular weight is 364 g/mol. The third-order valence-corrected chi connectivity index (χ3v) is 4.34. The highest BCUT2D eigenvalue weighted by atomic mass is 32.1. The predicted molar refractivity (Wildman–Crippen MR) is 98.0 cm³/mol. The molecule has 134 valence electrons. The summed E-state index contributed by atoms with van der Waals surface area (Å²) in [6.45, 7) is 1.87. The van der Waals surface area contributed by atoms with Crippen molar-refractivity contribution in [3.8, 4) is 0 Å². The SMILES string of the molecule is Cc1csc(NC(=O)CCCCCC(=O)Nc2ccc(F)cc2N)n1. The van der Waals surface area contributed by atoms with Gasteiger partial charge in [0.2, 0.25) is 11.8 Å². The van der Waals surface area contributed by atoms with Gasteiger partial charge in [-0.05, 0) is 38.0 Å². The number of aryl methyl sites for hydroxylation is 1. The summed E-state index contributed by atoms with van der Waals surface area (Å²) in [5.74, 6) is -0.694. The summed E-state index contributed by atoms with van der Waals surface area (Å²) in [5, 5.41) is 7.89. The molecule has 2 rings (SSSR count). The molecule has 8 heteroatoms. The van der Waals surface area contributed by atoms with E-state index in [9.17, 15) is 14.0 Å². The standard InChI is InChI=1S/C17H21FN4O2S/c1-11-10-25-17(20-11)22-16(24)6-4-2-3-5-15(23)21-14-8-7-12(18)9-13(14)19/h7-10H,2-6,19H2,1H3,(H,21,23)(H,20,22,24). The summed E-state index contributed by atoms with van der Waals surface area (Å²) in [7, 11) is 0. The number of anilines is 3. The molecule has 0 aliphatic carbocycles. The van der Waals surface area contributed by atoms with E-state index in [4.69, 9.17) is 5.73 Å². The van der Waals surface area contributed by atoms with Crippen LogP contribution in [-0.2, 0) is 9.59 Å². The van der Waals surface area contributed by atoms with Crippen molar-refractivity contribution in [3.05, 3.63) is 35.1 Å². The molecule has 0 aliphatic heterocycles. The molecule has 0 bridgehead atoms. The topological polar surface area (TPSA) is 97.1 Å². The Kier molecular flexibility index (Phi) is 6.88. The molecule has 0 saturated heterocycles. The minimum Gasteiger partial charge on any atom is -0.397 e. The zero-order chi connectivity index (χ0) is 18.2. The normalized spacial score (nSPS) is 10.5. The van der Waals surface area contributed by atoms with Crippen molar-refractivity contribution < 1.29 is 14.0 Å². The second-order valence-electron chi connectivity index (χ2n) is 5.68. The highest BCUT2D eigenvalue weighted by Crippen LogP contribution is 2.19. The van der Waals surface area contributed by atoms with Crippen LogP contribution >= 0.6 is 11.3 Å². The highest BCUT2D eigenvalue weighted by Gasteiger charge is 2.08. The van der Waals surface area contributed by atoms with E-state index in [0.717, 1.165) is 18.2 Å². The van der Waals surface area contributed by atoms with Crippen LogP contribution in [0.1, 0.15) is 37.8 Å². The summed E-state index contributed by atoms with van der Waals surface area (Å²) in [4.78, 5) is 27.8. The number of unbranched alkanes of at least 4 members (excludes halogenated alkanes) is 2. The molecule has 6 nitrogen and oxygen atoms in total. The van der Waals surface area contributed by atoms with Crippen molar-refractivity contribution in [2.45, 2.75) is 39.0 Å². The van der Waals surface area contributed by atoms with Gasteiger partial charge in [0.15, 0.2) is 5.13 Å². The monoisotopic (exact) mass is 364 g/mol. The molecule has 2 amide bonds. The second-order valence-corrected chi connectivity index (χ2v) is 6.54. The molecule has 0 spiro atoms. The molecular formula is C17H21FN4O2S. The third kappa shape index (κ3) is 6.50. The molecule has 4 N–H and O–H groups in total. The van der Waals surface area contributed by atoms with Gasteiger partial charge in [0.1, 0.15) is 5.82 Å². The maximum Gasteiger partial charge on any atom is 0.226 e. The number of amides is 2. The van der Waals surface area contributed by atoms with Crippen LogP contribution in [0.3, 0.4) is 0 Å². The van der Waals surface area contributed by atoms with Gasteiger partial charge < -0.3 is 16.4 Å². The van der Waals surface area contributed by atoms with Crippen LogP contribution in [0, 0.1) is 12.7 Å². The van der Waals surface area contributed by atoms with Crippen LogP contribution in [0.4, 0.5) is 20.9 Å². The molecule has 2 aromatic rings. The minimum atomic E-state index is -0.443. The lowest BCUT2D eigenvalue weighted by Crippen LogP contribution is -2.13. The average Bonchev–Trinajstić information content (AvgIpc) is 2.94. The number of nitrogens with zero attached hydrogens (tertiary/aromatic N) is 1. The second kappa shape index (κ2) is 9.12. The van der Waals surface area contributed by atoms with E-state index >= 15 is 0 Å². The van der Waals surface area contributed by atoms with Crippen molar-refractivity contribution in [2.24, 2.45) is 0 Å². The van der Waals surface area contributed by atoms with Gasteiger partial charge in [-0.3, -0.25) is 9.59 Å². The van der Waals surface area contributed by atoms with Gasteiger partial charge in [0, 0.05) is 18.2 Å². The number of hydrogen-bond acceptors (Lipinski definition) is 5. The Balaban J connectivity index is 1.60. The molecule has 25 heavy (non-hydrogen) atoms. The maximum atomic E-state index is 12.9. The van der Waals surface area contributed by atoms with Gasteiger partial charge in [0.05, 0.1) is 17.1 Å². The molecule has 0 fully saturated rings. The summed E-state index contributed by atoms with van der Waals surface area (Å²) in [6, 6.07) is 3.85. The fourth-order valence-corrected chi connectivity index (χ4v) is 2.91. The van der Waals surface area contributed by atoms with E-state index in [1.165, 1.54) is 23.5 Å². The lowest BCUT2D eigenvalue weighted by molar-refractivity contribution is -0.116. The number of benzene rings is 1. The Morgan fingerprint density at radius 1 is 1.16 bits per heavy atom. The molecule has 0 unspecified atom stereocenters. The fraction of sp³-hybridized carbons (Fsp3) is 0.353. The van der Waals surface area contributed by atoms with Crippen LogP contribution in [-0.4, -0.2) is 16.8 Å². The Bertz CT molecular complexity index is 748. The Labute approximate surface area is 149 Å². The summed E-state index contributed by atoms with van der Waals surface area (Å²) >= 11 is 1.40. The number of nitrogens with one attached hydrogen (secondary N) is 2. The number of carbonyl (C=O) groups is 2. The van der Waals surface area contributed by atoms with Gasteiger partial charge in [-0.2, -0.15) is 0 Å². The van der Waals surface area contributed by atoms with Crippen LogP contribution in [0.5, 0.6) is 0 Å². The summed E-state index contributed by atoms with van der Waals surface area (Å²) in [5.41, 5.74) is 7.13. The first-order valence-corrected chi connectivity index (χ1v) is 8.89. The van der Waals surface area contributed by atoms with Crippen molar-refractivity contribution >= 4 is 39.7 Å². The van der Waals surface area contributed by atoms with E-state index in [0.29, 0.717) is 36.5 Å². The molecule has 0 aliphatic rings. The van der Waals surface area contributed by atoms with Gasteiger partial charge in [-0.1, -0.05) is 6.42 Å². The lowest BCUT2D eigenvalue weighted by Gasteiger charge is -2.08. The van der Waals surface area contributed by atoms with Gasteiger partial charge >= 0.3 is 0 Å². The number of hydrogen-bond donors (Lipinski definition) is 3. The molecule has 0 saturated carbocycles. The Morgan fingerprint density at radius 2 is 1.84 bits per heavy atom. The minimum absolute atomic E-state index is 0.0714. The molecule has 1 aromatic heterocycles. The number of aromatic nitrogens is 1. The van der Waals surface area contributed by atoms with Crippen LogP contribution < -0.4 is 16.4 Å². The predicted octanol–water partition coefficient (Wildman–Crippen LogP) is 3.70. The van der Waals surface area contributed by atoms with Gasteiger partial charge in [0.25, 0.3) is 0 Å². The van der Waals surface area contributed by atoms with Gasteiger partial charge in [-0.25, -0.2) is 9.37 Å². The molecule has 0 radical (unpaired) electrons. The molecular weight excluding hydrogens is 343 g/mol. The van der Waals surface area contributed by atoms with E-state index in [1.807, 2.05) is 12.3 Å². The summed E-state index contributed by atoms with van der Waals surface area (Å²) in [6.07, 6.45) is 2.84. The van der Waals surface area contributed by atoms with E-state index < -0.39 is 5.82 Å². The number of nitrogen functional groups attached to an aromatic ring is 1. The molecule has 0 atom stereocenters. The third-order valence-electron chi connectivity index (χ3n) is 3.46. The largest absolute Gasteiger partial charge is 0.397 e. The lowest BCUT2D eigenvalue weighted by atomic mass is 10.1. The number of carbonyl (C=O) groups excluding carboxylic acids is 2. The molecule has 1 heterocycles. The molecule has 1 aromatic carbocycles.